The third-order valence-electron chi connectivity index (χ3n) is 3.72. The molecule has 1 unspecified atom stereocenters. The molecule has 0 saturated carbocycles. The van der Waals surface area contributed by atoms with Gasteiger partial charge in [-0.1, -0.05) is 24.3 Å². The molecule has 3 aromatic rings. The first kappa shape index (κ1) is 13.7. The fraction of sp³-hybridized carbons (Fsp3) is 0.188. The van der Waals surface area contributed by atoms with Crippen molar-refractivity contribution in [2.45, 2.75) is 23.1 Å². The van der Waals surface area contributed by atoms with E-state index in [-0.39, 0.29) is 11.2 Å². The Morgan fingerprint density at radius 3 is 2.95 bits per heavy atom. The highest BCUT2D eigenvalue weighted by molar-refractivity contribution is 8.01. The van der Waals surface area contributed by atoms with Crippen LogP contribution in [0.5, 0.6) is 0 Å². The molecular formula is C16H13N3OS2. The Morgan fingerprint density at radius 1 is 1.18 bits per heavy atom. The Hall–Kier alpha value is -1.92. The van der Waals surface area contributed by atoms with Crippen LogP contribution in [-0.2, 0) is 17.8 Å². The van der Waals surface area contributed by atoms with E-state index in [2.05, 4.69) is 26.2 Å². The molecule has 0 aliphatic carbocycles. The lowest BCUT2D eigenvalue weighted by molar-refractivity contribution is -0.120. The van der Waals surface area contributed by atoms with Gasteiger partial charge in [-0.05, 0) is 35.7 Å². The summed E-state index contributed by atoms with van der Waals surface area (Å²) in [5.41, 5.74) is 4.11. The van der Waals surface area contributed by atoms with E-state index in [1.165, 1.54) is 22.2 Å². The van der Waals surface area contributed by atoms with Crippen molar-refractivity contribution in [2.75, 3.05) is 0 Å². The maximum absolute atomic E-state index is 12.3. The van der Waals surface area contributed by atoms with Crippen LogP contribution >= 0.6 is 23.5 Å². The van der Waals surface area contributed by atoms with Crippen molar-refractivity contribution in [2.24, 2.45) is 0 Å². The topological polar surface area (TPSA) is 54.9 Å². The molecule has 1 aliphatic heterocycles. The summed E-state index contributed by atoms with van der Waals surface area (Å²) in [5, 5.41) is 3.00. The number of benzene rings is 2. The zero-order chi connectivity index (χ0) is 14.9. The second kappa shape index (κ2) is 5.70. The lowest BCUT2D eigenvalue weighted by Gasteiger charge is -2.10. The lowest BCUT2D eigenvalue weighted by Crippen LogP contribution is -2.31. The van der Waals surface area contributed by atoms with Gasteiger partial charge in [-0.25, -0.2) is 0 Å². The van der Waals surface area contributed by atoms with Crippen molar-refractivity contribution in [1.82, 2.24) is 14.1 Å². The first-order valence-corrected chi connectivity index (χ1v) is 8.64. The van der Waals surface area contributed by atoms with E-state index in [1.54, 1.807) is 11.8 Å². The number of nitrogens with zero attached hydrogens (tertiary/aromatic N) is 2. The second-order valence-electron chi connectivity index (χ2n) is 5.22. The zero-order valence-corrected chi connectivity index (χ0v) is 13.3. The fourth-order valence-corrected chi connectivity index (χ4v) is 4.31. The molecule has 0 fully saturated rings. The minimum Gasteiger partial charge on any atom is -0.351 e. The molecule has 1 amide bonds. The van der Waals surface area contributed by atoms with Crippen LogP contribution in [0.1, 0.15) is 11.1 Å². The number of carbonyl (C=O) groups is 1. The average Bonchev–Trinajstić information content (AvgIpc) is 3.18. The van der Waals surface area contributed by atoms with Gasteiger partial charge in [0.1, 0.15) is 11.0 Å². The van der Waals surface area contributed by atoms with Crippen molar-refractivity contribution in [3.63, 3.8) is 0 Å². The van der Waals surface area contributed by atoms with Crippen molar-refractivity contribution in [3.05, 3.63) is 53.6 Å². The molecule has 0 bridgehead atoms. The van der Waals surface area contributed by atoms with E-state index in [1.807, 2.05) is 30.3 Å². The SMILES string of the molecule is O=C(NCc1ccc2nsnc2c1)C1Cc2ccccc2S1. The molecule has 1 aliphatic rings. The Labute approximate surface area is 136 Å². The molecule has 2 aromatic carbocycles. The molecule has 4 nitrogen and oxygen atoms in total. The van der Waals surface area contributed by atoms with E-state index >= 15 is 0 Å². The summed E-state index contributed by atoms with van der Waals surface area (Å²) in [6.07, 6.45) is 0.807. The zero-order valence-electron chi connectivity index (χ0n) is 11.7. The van der Waals surface area contributed by atoms with Crippen LogP contribution in [-0.4, -0.2) is 19.9 Å². The van der Waals surface area contributed by atoms with Crippen molar-refractivity contribution >= 4 is 40.4 Å². The fourth-order valence-electron chi connectivity index (χ4n) is 2.57. The molecule has 4 rings (SSSR count). The van der Waals surface area contributed by atoms with Crippen molar-refractivity contribution in [3.8, 4) is 0 Å². The summed E-state index contributed by atoms with van der Waals surface area (Å²) in [4.78, 5) is 13.6. The highest BCUT2D eigenvalue weighted by atomic mass is 32.2. The summed E-state index contributed by atoms with van der Waals surface area (Å²) in [6, 6.07) is 14.1. The summed E-state index contributed by atoms with van der Waals surface area (Å²) < 4.78 is 8.41. The first-order chi connectivity index (χ1) is 10.8. The van der Waals surface area contributed by atoms with Gasteiger partial charge in [0.15, 0.2) is 0 Å². The lowest BCUT2D eigenvalue weighted by atomic mass is 10.1. The Balaban J connectivity index is 1.41. The molecule has 110 valence electrons. The number of rotatable bonds is 3. The van der Waals surface area contributed by atoms with Gasteiger partial charge in [-0.15, -0.1) is 11.8 Å². The Kier molecular flexibility index (Phi) is 3.56. The van der Waals surface area contributed by atoms with Crippen LogP contribution in [0.3, 0.4) is 0 Å². The van der Waals surface area contributed by atoms with Crippen LogP contribution in [0.4, 0.5) is 0 Å². The number of aromatic nitrogens is 2. The predicted octanol–water partition coefficient (Wildman–Crippen LogP) is 3.02. The monoisotopic (exact) mass is 327 g/mol. The van der Waals surface area contributed by atoms with Crippen molar-refractivity contribution in [1.29, 1.82) is 0 Å². The number of carbonyl (C=O) groups excluding carboxylic acids is 1. The van der Waals surface area contributed by atoms with Gasteiger partial charge in [0.05, 0.1) is 17.0 Å². The minimum absolute atomic E-state index is 0.0259. The molecule has 2 heterocycles. The highest BCUT2D eigenvalue weighted by Gasteiger charge is 2.27. The number of amides is 1. The first-order valence-electron chi connectivity index (χ1n) is 7.03. The maximum atomic E-state index is 12.3. The minimum atomic E-state index is -0.0259. The highest BCUT2D eigenvalue weighted by Crippen LogP contribution is 2.36. The maximum Gasteiger partial charge on any atom is 0.234 e. The number of hydrogen-bond donors (Lipinski definition) is 1. The van der Waals surface area contributed by atoms with Gasteiger partial charge < -0.3 is 5.32 Å². The van der Waals surface area contributed by atoms with Crippen molar-refractivity contribution < 1.29 is 4.79 Å². The molecular weight excluding hydrogens is 314 g/mol. The third-order valence-corrected chi connectivity index (χ3v) is 5.60. The van der Waals surface area contributed by atoms with E-state index in [0.29, 0.717) is 6.54 Å². The molecule has 1 atom stereocenters. The predicted molar refractivity (Wildman–Crippen MR) is 89.1 cm³/mol. The molecule has 0 radical (unpaired) electrons. The van der Waals surface area contributed by atoms with Gasteiger partial charge in [-0.3, -0.25) is 4.79 Å². The quantitative estimate of drug-likeness (QED) is 0.803. The van der Waals surface area contributed by atoms with Gasteiger partial charge in [-0.2, -0.15) is 8.75 Å². The molecule has 1 N–H and O–H groups in total. The van der Waals surface area contributed by atoms with Gasteiger partial charge in [0.25, 0.3) is 0 Å². The molecule has 1 aromatic heterocycles. The average molecular weight is 327 g/mol. The third kappa shape index (κ3) is 2.60. The van der Waals surface area contributed by atoms with Crippen LogP contribution in [0.25, 0.3) is 11.0 Å². The standard InChI is InChI=1S/C16H13N3OS2/c20-16(15-8-11-3-1-2-4-14(11)21-15)17-9-10-5-6-12-13(7-10)19-22-18-12/h1-7,15H,8-9H2,(H,17,20). The van der Waals surface area contributed by atoms with Crippen LogP contribution < -0.4 is 5.32 Å². The summed E-state index contributed by atoms with van der Waals surface area (Å²) in [7, 11) is 0. The van der Waals surface area contributed by atoms with Gasteiger partial charge >= 0.3 is 0 Å². The summed E-state index contributed by atoms with van der Waals surface area (Å²) >= 11 is 2.86. The second-order valence-corrected chi connectivity index (χ2v) is 7.00. The van der Waals surface area contributed by atoms with Gasteiger partial charge in [0.2, 0.25) is 5.91 Å². The number of hydrogen-bond acceptors (Lipinski definition) is 5. The Morgan fingerprint density at radius 2 is 2.05 bits per heavy atom. The Bertz CT molecular complexity index is 821. The van der Waals surface area contributed by atoms with Gasteiger partial charge in [0, 0.05) is 11.4 Å². The van der Waals surface area contributed by atoms with E-state index in [0.717, 1.165) is 23.0 Å². The van der Waals surface area contributed by atoms with Crippen LogP contribution in [0.15, 0.2) is 47.4 Å². The van der Waals surface area contributed by atoms with E-state index in [4.69, 9.17) is 0 Å². The normalized spacial score (nSPS) is 16.6. The molecule has 22 heavy (non-hydrogen) atoms. The summed E-state index contributed by atoms with van der Waals surface area (Å²) in [5.74, 6) is 0.0951. The van der Waals surface area contributed by atoms with Crippen LogP contribution in [0.2, 0.25) is 0 Å². The smallest absolute Gasteiger partial charge is 0.234 e. The molecule has 0 spiro atoms. The largest absolute Gasteiger partial charge is 0.351 e. The molecule has 0 saturated heterocycles. The van der Waals surface area contributed by atoms with E-state index in [9.17, 15) is 4.79 Å². The van der Waals surface area contributed by atoms with E-state index < -0.39 is 0 Å². The number of thioether (sulfide) groups is 1. The number of fused-ring (bicyclic) bond motifs is 2. The number of nitrogens with one attached hydrogen (secondary N) is 1. The molecule has 6 heteroatoms. The summed E-state index contributed by atoms with van der Waals surface area (Å²) in [6.45, 7) is 0.527. The van der Waals surface area contributed by atoms with Crippen LogP contribution in [0, 0.1) is 0 Å².